The average Bonchev–Trinajstić information content (AvgIpc) is 2.64. The predicted octanol–water partition coefficient (Wildman–Crippen LogP) is 1.93. The molecule has 2 amide bonds. The largest absolute Gasteiger partial charge is 0.497 e. The molecular weight excluding hydrogens is 320 g/mol. The number of likely N-dealkylation sites (tertiary alicyclic amines) is 1. The van der Waals surface area contributed by atoms with Gasteiger partial charge in [-0.15, -0.1) is 0 Å². The van der Waals surface area contributed by atoms with Gasteiger partial charge in [0.05, 0.1) is 19.6 Å². The minimum Gasteiger partial charge on any atom is -0.497 e. The third-order valence-electron chi connectivity index (χ3n) is 4.62. The topological polar surface area (TPSA) is 59.1 Å². The highest BCUT2D eigenvalue weighted by Crippen LogP contribution is 2.23. The predicted molar refractivity (Wildman–Crippen MR) is 95.3 cm³/mol. The molecule has 0 spiro atoms. The fraction of sp³-hybridized carbons (Fsp3) is 0.579. The molecule has 1 aromatic carbocycles. The van der Waals surface area contributed by atoms with Crippen molar-refractivity contribution in [2.24, 2.45) is 5.92 Å². The molecule has 138 valence electrons. The summed E-state index contributed by atoms with van der Waals surface area (Å²) in [6.07, 6.45) is 1.04. The Morgan fingerprint density at radius 3 is 2.84 bits per heavy atom. The number of hydrogen-bond donors (Lipinski definition) is 0. The summed E-state index contributed by atoms with van der Waals surface area (Å²) in [6, 6.07) is 7.69. The minimum atomic E-state index is -0.139. The Morgan fingerprint density at radius 2 is 2.16 bits per heavy atom. The van der Waals surface area contributed by atoms with E-state index in [4.69, 9.17) is 9.47 Å². The highest BCUT2D eigenvalue weighted by atomic mass is 16.5. The van der Waals surface area contributed by atoms with E-state index in [1.165, 1.54) is 0 Å². The van der Waals surface area contributed by atoms with Gasteiger partial charge in [0.15, 0.2) is 0 Å². The van der Waals surface area contributed by atoms with E-state index in [2.05, 4.69) is 0 Å². The van der Waals surface area contributed by atoms with Gasteiger partial charge >= 0.3 is 0 Å². The number of carbonyl (C=O) groups excluding carboxylic acids is 2. The van der Waals surface area contributed by atoms with Crippen LogP contribution in [0.2, 0.25) is 0 Å². The van der Waals surface area contributed by atoms with E-state index < -0.39 is 0 Å². The summed E-state index contributed by atoms with van der Waals surface area (Å²) in [5.41, 5.74) is 1.01. The standard InChI is InChI=1S/C19H28N2O4/c1-4-20(10-11-24-2)19(23)16-8-9-18(22)21(14-16)13-15-6-5-7-17(12-15)25-3/h5-7,12,16H,4,8-11,13-14H2,1-3H3/t16-/m1/s1. The second-order valence-electron chi connectivity index (χ2n) is 6.27. The van der Waals surface area contributed by atoms with Crippen LogP contribution in [-0.4, -0.2) is 62.1 Å². The van der Waals surface area contributed by atoms with E-state index in [9.17, 15) is 9.59 Å². The molecule has 1 aliphatic rings. The lowest BCUT2D eigenvalue weighted by molar-refractivity contribution is -0.143. The number of amides is 2. The molecule has 25 heavy (non-hydrogen) atoms. The highest BCUT2D eigenvalue weighted by molar-refractivity contribution is 5.83. The molecule has 1 aromatic rings. The zero-order valence-electron chi connectivity index (χ0n) is 15.4. The van der Waals surface area contributed by atoms with Crippen LogP contribution in [0.25, 0.3) is 0 Å². The summed E-state index contributed by atoms with van der Waals surface area (Å²) < 4.78 is 10.3. The molecule has 6 nitrogen and oxygen atoms in total. The van der Waals surface area contributed by atoms with Gasteiger partial charge in [-0.1, -0.05) is 12.1 Å². The third-order valence-corrected chi connectivity index (χ3v) is 4.62. The summed E-state index contributed by atoms with van der Waals surface area (Å²) in [5, 5.41) is 0. The molecule has 0 unspecified atom stereocenters. The first-order valence-corrected chi connectivity index (χ1v) is 8.77. The molecule has 0 saturated carbocycles. The molecule has 0 N–H and O–H groups in total. The van der Waals surface area contributed by atoms with Crippen molar-refractivity contribution in [2.45, 2.75) is 26.3 Å². The first-order chi connectivity index (χ1) is 12.1. The van der Waals surface area contributed by atoms with E-state index >= 15 is 0 Å². The molecule has 1 aliphatic heterocycles. The first-order valence-electron chi connectivity index (χ1n) is 8.77. The van der Waals surface area contributed by atoms with Crippen molar-refractivity contribution in [1.29, 1.82) is 0 Å². The zero-order valence-corrected chi connectivity index (χ0v) is 15.4. The summed E-state index contributed by atoms with van der Waals surface area (Å²) in [6.45, 7) is 4.71. The number of nitrogens with zero attached hydrogens (tertiary/aromatic N) is 2. The second kappa shape index (κ2) is 9.42. The van der Waals surface area contributed by atoms with Crippen molar-refractivity contribution in [3.05, 3.63) is 29.8 Å². The van der Waals surface area contributed by atoms with Crippen molar-refractivity contribution < 1.29 is 19.1 Å². The molecule has 0 aliphatic carbocycles. The lowest BCUT2D eigenvalue weighted by atomic mass is 9.95. The Bertz CT molecular complexity index is 591. The van der Waals surface area contributed by atoms with Gasteiger partial charge in [-0.05, 0) is 31.0 Å². The molecule has 0 bridgehead atoms. The molecule has 0 radical (unpaired) electrons. The molecule has 1 heterocycles. The minimum absolute atomic E-state index is 0.104. The quantitative estimate of drug-likeness (QED) is 0.720. The van der Waals surface area contributed by atoms with Crippen molar-refractivity contribution in [1.82, 2.24) is 9.80 Å². The van der Waals surface area contributed by atoms with Gasteiger partial charge in [0.25, 0.3) is 0 Å². The van der Waals surface area contributed by atoms with Gasteiger partial charge in [-0.25, -0.2) is 0 Å². The van der Waals surface area contributed by atoms with Crippen LogP contribution >= 0.6 is 0 Å². The Balaban J connectivity index is 2.02. The van der Waals surface area contributed by atoms with Gasteiger partial charge in [0, 0.05) is 39.7 Å². The summed E-state index contributed by atoms with van der Waals surface area (Å²) in [7, 11) is 3.26. The maximum atomic E-state index is 12.8. The van der Waals surface area contributed by atoms with Crippen molar-refractivity contribution in [2.75, 3.05) is 40.5 Å². The van der Waals surface area contributed by atoms with Gasteiger partial charge in [-0.2, -0.15) is 0 Å². The van der Waals surface area contributed by atoms with Crippen LogP contribution in [0.5, 0.6) is 5.75 Å². The molecule has 2 rings (SSSR count). The van der Waals surface area contributed by atoms with Gasteiger partial charge in [0.2, 0.25) is 11.8 Å². The van der Waals surface area contributed by atoms with E-state index in [0.29, 0.717) is 45.6 Å². The lowest BCUT2D eigenvalue weighted by Gasteiger charge is -2.34. The fourth-order valence-electron chi connectivity index (χ4n) is 3.14. The number of hydrogen-bond acceptors (Lipinski definition) is 4. The van der Waals surface area contributed by atoms with Crippen molar-refractivity contribution in [3.63, 3.8) is 0 Å². The molecule has 1 atom stereocenters. The normalized spacial score (nSPS) is 17.5. The summed E-state index contributed by atoms with van der Waals surface area (Å²) >= 11 is 0. The van der Waals surface area contributed by atoms with E-state index in [1.807, 2.05) is 36.1 Å². The van der Waals surface area contributed by atoms with Crippen LogP contribution in [0, 0.1) is 5.92 Å². The van der Waals surface area contributed by atoms with Crippen LogP contribution in [0.4, 0.5) is 0 Å². The van der Waals surface area contributed by atoms with Crippen LogP contribution in [0.3, 0.4) is 0 Å². The smallest absolute Gasteiger partial charge is 0.227 e. The number of piperidine rings is 1. The lowest BCUT2D eigenvalue weighted by Crippen LogP contribution is -2.47. The number of rotatable bonds is 8. The van der Waals surface area contributed by atoms with E-state index in [-0.39, 0.29) is 17.7 Å². The maximum absolute atomic E-state index is 12.8. The highest BCUT2D eigenvalue weighted by Gasteiger charge is 2.32. The van der Waals surface area contributed by atoms with Crippen LogP contribution < -0.4 is 4.74 Å². The van der Waals surface area contributed by atoms with E-state index in [0.717, 1.165) is 11.3 Å². The van der Waals surface area contributed by atoms with Gasteiger partial charge < -0.3 is 19.3 Å². The Kier molecular flexibility index (Phi) is 7.25. The summed E-state index contributed by atoms with van der Waals surface area (Å²) in [5.74, 6) is 0.848. The van der Waals surface area contributed by atoms with Crippen LogP contribution in [0.1, 0.15) is 25.3 Å². The average molecular weight is 348 g/mol. The van der Waals surface area contributed by atoms with Gasteiger partial charge in [-0.3, -0.25) is 9.59 Å². The monoisotopic (exact) mass is 348 g/mol. The SMILES string of the molecule is CCN(CCOC)C(=O)[C@@H]1CCC(=O)N(Cc2cccc(OC)c2)C1. The maximum Gasteiger partial charge on any atom is 0.227 e. The summed E-state index contributed by atoms with van der Waals surface area (Å²) in [4.78, 5) is 28.6. The van der Waals surface area contributed by atoms with Crippen LogP contribution in [-0.2, 0) is 20.9 Å². The first kappa shape index (κ1) is 19.2. The van der Waals surface area contributed by atoms with Crippen molar-refractivity contribution >= 4 is 11.8 Å². The van der Waals surface area contributed by atoms with Gasteiger partial charge in [0.1, 0.15) is 5.75 Å². The zero-order chi connectivity index (χ0) is 18.2. The fourth-order valence-corrected chi connectivity index (χ4v) is 3.14. The third kappa shape index (κ3) is 5.19. The number of likely N-dealkylation sites (N-methyl/N-ethyl adjacent to an activating group) is 1. The number of methoxy groups -OCH3 is 2. The molecule has 0 aromatic heterocycles. The molecule has 1 saturated heterocycles. The number of benzene rings is 1. The van der Waals surface area contributed by atoms with Crippen LogP contribution in [0.15, 0.2) is 24.3 Å². The molecular formula is C19H28N2O4. The Labute approximate surface area is 149 Å². The Morgan fingerprint density at radius 1 is 1.36 bits per heavy atom. The number of ether oxygens (including phenoxy) is 2. The Hall–Kier alpha value is -2.08. The second-order valence-corrected chi connectivity index (χ2v) is 6.27. The van der Waals surface area contributed by atoms with Crippen molar-refractivity contribution in [3.8, 4) is 5.75 Å². The molecule has 1 fully saturated rings. The molecule has 6 heteroatoms. The van der Waals surface area contributed by atoms with E-state index in [1.54, 1.807) is 19.1 Å². The number of carbonyl (C=O) groups is 2.